The first-order valence-electron chi connectivity index (χ1n) is 7.96. The predicted molar refractivity (Wildman–Crippen MR) is 82.4 cm³/mol. The van der Waals surface area contributed by atoms with Gasteiger partial charge in [-0.1, -0.05) is 32.0 Å². The fraction of sp³-hybridized carbons (Fsp3) is 0.647. The van der Waals surface area contributed by atoms with Crippen molar-refractivity contribution in [3.05, 3.63) is 29.8 Å². The summed E-state index contributed by atoms with van der Waals surface area (Å²) in [6, 6.07) is 8.52. The van der Waals surface area contributed by atoms with Gasteiger partial charge in [0.2, 0.25) is 0 Å². The summed E-state index contributed by atoms with van der Waals surface area (Å²) in [4.78, 5) is 2.71. The van der Waals surface area contributed by atoms with Gasteiger partial charge >= 0.3 is 0 Å². The smallest absolute Gasteiger partial charge is 0.122 e. The minimum Gasteiger partial charge on any atom is -0.493 e. The van der Waals surface area contributed by atoms with Gasteiger partial charge in [-0.2, -0.15) is 0 Å². The van der Waals surface area contributed by atoms with E-state index in [2.05, 4.69) is 48.3 Å². The van der Waals surface area contributed by atoms with E-state index in [0.29, 0.717) is 11.5 Å². The Morgan fingerprint density at radius 1 is 1.30 bits per heavy atom. The van der Waals surface area contributed by atoms with E-state index in [9.17, 15) is 0 Å². The normalized spacial score (nSPS) is 25.2. The summed E-state index contributed by atoms with van der Waals surface area (Å²) in [6.07, 6.45) is 2.43. The third-order valence-electron chi connectivity index (χ3n) is 5.24. The third-order valence-corrected chi connectivity index (χ3v) is 5.24. The molecular weight excluding hydrogens is 248 g/mol. The van der Waals surface area contributed by atoms with Crippen LogP contribution in [0.2, 0.25) is 0 Å². The van der Waals surface area contributed by atoms with Crippen molar-refractivity contribution in [1.82, 2.24) is 10.2 Å². The Labute approximate surface area is 122 Å². The number of nitrogens with zero attached hydrogens (tertiary/aromatic N) is 1. The summed E-state index contributed by atoms with van der Waals surface area (Å²) in [5, 5.41) is 3.58. The molecule has 1 aromatic carbocycles. The summed E-state index contributed by atoms with van der Waals surface area (Å²) < 4.78 is 5.85. The van der Waals surface area contributed by atoms with Crippen LogP contribution in [0.1, 0.15) is 38.2 Å². The predicted octanol–water partition coefficient (Wildman–Crippen LogP) is 2.63. The molecule has 0 saturated carbocycles. The monoisotopic (exact) mass is 274 g/mol. The Balaban J connectivity index is 1.77. The molecule has 3 rings (SSSR count). The first-order chi connectivity index (χ1) is 9.79. The molecule has 0 radical (unpaired) electrons. The molecular formula is C17H26N2O. The van der Waals surface area contributed by atoms with Gasteiger partial charge in [-0.3, -0.25) is 4.90 Å². The van der Waals surface area contributed by atoms with Gasteiger partial charge in [0.25, 0.3) is 0 Å². The Morgan fingerprint density at radius 3 is 2.90 bits per heavy atom. The van der Waals surface area contributed by atoms with E-state index in [1.54, 1.807) is 0 Å². The van der Waals surface area contributed by atoms with Crippen molar-refractivity contribution in [2.75, 3.05) is 32.8 Å². The molecule has 0 aromatic heterocycles. The second-order valence-electron chi connectivity index (χ2n) is 6.10. The van der Waals surface area contributed by atoms with Crippen LogP contribution in [0.4, 0.5) is 0 Å². The molecule has 1 aromatic rings. The highest BCUT2D eigenvalue weighted by Crippen LogP contribution is 2.36. The molecule has 2 aliphatic heterocycles. The van der Waals surface area contributed by atoms with Gasteiger partial charge in [-0.25, -0.2) is 0 Å². The largest absolute Gasteiger partial charge is 0.493 e. The van der Waals surface area contributed by atoms with E-state index in [4.69, 9.17) is 4.74 Å². The number of nitrogens with one attached hydrogen (secondary N) is 1. The quantitative estimate of drug-likeness (QED) is 0.913. The van der Waals surface area contributed by atoms with Gasteiger partial charge < -0.3 is 10.1 Å². The molecule has 3 nitrogen and oxygen atoms in total. The lowest BCUT2D eigenvalue weighted by Gasteiger charge is -2.48. The second kappa shape index (κ2) is 5.74. The van der Waals surface area contributed by atoms with Gasteiger partial charge in [0.15, 0.2) is 0 Å². The average Bonchev–Trinajstić information content (AvgIpc) is 2.91. The first kappa shape index (κ1) is 13.9. The standard InChI is InChI=1S/C17H26N2O/c1-3-17(4-2)13-18-9-10-19(17)11-14-12-20-16-8-6-5-7-15(14)16/h5-8,14,18H,3-4,9-13H2,1-2H3. The lowest BCUT2D eigenvalue weighted by atomic mass is 9.87. The van der Waals surface area contributed by atoms with Crippen LogP contribution >= 0.6 is 0 Å². The maximum Gasteiger partial charge on any atom is 0.122 e. The van der Waals surface area contributed by atoms with Gasteiger partial charge in [0.1, 0.15) is 5.75 Å². The highest BCUT2D eigenvalue weighted by atomic mass is 16.5. The second-order valence-corrected chi connectivity index (χ2v) is 6.10. The summed E-state index contributed by atoms with van der Waals surface area (Å²) in [6.45, 7) is 9.99. The molecule has 0 amide bonds. The summed E-state index contributed by atoms with van der Waals surface area (Å²) >= 11 is 0. The number of para-hydroxylation sites is 1. The fourth-order valence-corrected chi connectivity index (χ4v) is 3.76. The zero-order valence-corrected chi connectivity index (χ0v) is 12.7. The van der Waals surface area contributed by atoms with E-state index in [1.165, 1.54) is 18.4 Å². The van der Waals surface area contributed by atoms with Crippen LogP contribution in [0.15, 0.2) is 24.3 Å². The third kappa shape index (κ3) is 2.33. The fourth-order valence-electron chi connectivity index (χ4n) is 3.76. The molecule has 110 valence electrons. The van der Waals surface area contributed by atoms with Gasteiger partial charge in [-0.05, 0) is 18.9 Å². The molecule has 0 aliphatic carbocycles. The van der Waals surface area contributed by atoms with E-state index in [-0.39, 0.29) is 0 Å². The molecule has 0 bridgehead atoms. The SMILES string of the molecule is CCC1(CC)CNCCN1CC1COc2ccccc21. The molecule has 2 heterocycles. The molecule has 1 atom stereocenters. The summed E-state index contributed by atoms with van der Waals surface area (Å²) in [5.41, 5.74) is 1.72. The van der Waals surface area contributed by atoms with Crippen molar-refractivity contribution in [3.63, 3.8) is 0 Å². The molecule has 2 aliphatic rings. The van der Waals surface area contributed by atoms with Gasteiger partial charge in [0.05, 0.1) is 6.61 Å². The van der Waals surface area contributed by atoms with Crippen molar-refractivity contribution in [2.45, 2.75) is 38.1 Å². The van der Waals surface area contributed by atoms with Crippen molar-refractivity contribution >= 4 is 0 Å². The lowest BCUT2D eigenvalue weighted by molar-refractivity contribution is 0.0442. The van der Waals surface area contributed by atoms with E-state index in [1.807, 2.05) is 0 Å². The zero-order valence-electron chi connectivity index (χ0n) is 12.7. The maximum atomic E-state index is 5.85. The number of benzene rings is 1. The van der Waals surface area contributed by atoms with Gasteiger partial charge in [0, 0.05) is 43.2 Å². The molecule has 3 heteroatoms. The van der Waals surface area contributed by atoms with Crippen molar-refractivity contribution in [3.8, 4) is 5.75 Å². The van der Waals surface area contributed by atoms with Crippen molar-refractivity contribution < 1.29 is 4.74 Å². The zero-order chi connectivity index (χ0) is 14.0. The van der Waals surface area contributed by atoms with Crippen molar-refractivity contribution in [2.24, 2.45) is 0 Å². The molecule has 1 fully saturated rings. The molecule has 20 heavy (non-hydrogen) atoms. The minimum atomic E-state index is 0.329. The van der Waals surface area contributed by atoms with Crippen LogP contribution in [0, 0.1) is 0 Å². The number of ether oxygens (including phenoxy) is 1. The summed E-state index contributed by atoms with van der Waals surface area (Å²) in [7, 11) is 0. The Morgan fingerprint density at radius 2 is 2.10 bits per heavy atom. The number of fused-ring (bicyclic) bond motifs is 1. The number of hydrogen-bond acceptors (Lipinski definition) is 3. The van der Waals surface area contributed by atoms with E-state index >= 15 is 0 Å². The van der Waals surface area contributed by atoms with Crippen LogP contribution in [0.3, 0.4) is 0 Å². The number of piperazine rings is 1. The van der Waals surface area contributed by atoms with E-state index in [0.717, 1.165) is 38.5 Å². The Bertz CT molecular complexity index is 456. The highest BCUT2D eigenvalue weighted by Gasteiger charge is 2.38. The average molecular weight is 274 g/mol. The Hall–Kier alpha value is -1.06. The van der Waals surface area contributed by atoms with Crippen LogP contribution in [-0.2, 0) is 0 Å². The van der Waals surface area contributed by atoms with Crippen LogP contribution < -0.4 is 10.1 Å². The van der Waals surface area contributed by atoms with Crippen LogP contribution in [0.25, 0.3) is 0 Å². The minimum absolute atomic E-state index is 0.329. The number of hydrogen-bond donors (Lipinski definition) is 1. The molecule has 1 saturated heterocycles. The first-order valence-corrected chi connectivity index (χ1v) is 7.96. The number of rotatable bonds is 4. The van der Waals surface area contributed by atoms with Crippen LogP contribution in [0.5, 0.6) is 5.75 Å². The summed E-state index contributed by atoms with van der Waals surface area (Å²) in [5.74, 6) is 1.62. The van der Waals surface area contributed by atoms with Crippen LogP contribution in [-0.4, -0.2) is 43.2 Å². The topological polar surface area (TPSA) is 24.5 Å². The highest BCUT2D eigenvalue weighted by molar-refractivity contribution is 5.39. The maximum absolute atomic E-state index is 5.85. The molecule has 0 spiro atoms. The van der Waals surface area contributed by atoms with E-state index < -0.39 is 0 Å². The molecule has 1 N–H and O–H groups in total. The lowest BCUT2D eigenvalue weighted by Crippen LogP contribution is -2.61. The van der Waals surface area contributed by atoms with Gasteiger partial charge in [-0.15, -0.1) is 0 Å². The molecule has 1 unspecified atom stereocenters. The Kier molecular flexibility index (Phi) is 3.99. The van der Waals surface area contributed by atoms with Crippen molar-refractivity contribution in [1.29, 1.82) is 0 Å².